The number of aliphatic hydroxyl groups is 1. The van der Waals surface area contributed by atoms with E-state index in [-0.39, 0.29) is 6.61 Å². The van der Waals surface area contributed by atoms with E-state index < -0.39 is 0 Å². The molecule has 3 aromatic rings. The van der Waals surface area contributed by atoms with Crippen LogP contribution >= 0.6 is 0 Å². The maximum atomic E-state index is 9.00. The van der Waals surface area contributed by atoms with Crippen LogP contribution in [0.15, 0.2) is 42.9 Å². The molecule has 5 nitrogen and oxygen atoms in total. The molecule has 0 radical (unpaired) electrons. The van der Waals surface area contributed by atoms with Crippen molar-refractivity contribution < 1.29 is 5.11 Å². The van der Waals surface area contributed by atoms with Gasteiger partial charge in [0.05, 0.1) is 5.69 Å². The van der Waals surface area contributed by atoms with Crippen LogP contribution in [0.5, 0.6) is 0 Å². The van der Waals surface area contributed by atoms with E-state index in [1.807, 2.05) is 28.8 Å². The van der Waals surface area contributed by atoms with E-state index in [0.29, 0.717) is 6.42 Å². The highest BCUT2D eigenvalue weighted by Gasteiger charge is 2.12. The molecule has 96 valence electrons. The van der Waals surface area contributed by atoms with Crippen molar-refractivity contribution in [3.05, 3.63) is 48.7 Å². The Balaban J connectivity index is 2.19. The number of aryl methyl sites for hydroxylation is 1. The van der Waals surface area contributed by atoms with Crippen LogP contribution in [0, 0.1) is 0 Å². The molecule has 0 atom stereocenters. The van der Waals surface area contributed by atoms with Gasteiger partial charge in [0.25, 0.3) is 0 Å². The summed E-state index contributed by atoms with van der Waals surface area (Å²) < 4.78 is 2.02. The minimum absolute atomic E-state index is 0.160. The fourth-order valence-electron chi connectivity index (χ4n) is 2.13. The molecule has 0 amide bonds. The number of aromatic nitrogens is 4. The van der Waals surface area contributed by atoms with E-state index in [0.717, 1.165) is 29.1 Å². The van der Waals surface area contributed by atoms with E-state index in [9.17, 15) is 0 Å². The predicted molar refractivity (Wildman–Crippen MR) is 72.1 cm³/mol. The molecule has 5 heteroatoms. The first-order valence-electron chi connectivity index (χ1n) is 6.24. The summed E-state index contributed by atoms with van der Waals surface area (Å²) in [5.41, 5.74) is 2.69. The summed E-state index contributed by atoms with van der Waals surface area (Å²) in [5, 5.41) is 9.00. The number of imidazole rings is 1. The van der Waals surface area contributed by atoms with Crippen molar-refractivity contribution in [3.63, 3.8) is 0 Å². The molecule has 0 aliphatic heterocycles. The van der Waals surface area contributed by atoms with Gasteiger partial charge in [0, 0.05) is 31.6 Å². The standard InChI is InChI=1S/C14H14N4O/c19-10-2-4-13-17-12-3-1-7-16-14(12)18(13)11-5-8-15-9-6-11/h1,3,5-9,19H,2,4,10H2. The Morgan fingerprint density at radius 2 is 1.95 bits per heavy atom. The minimum atomic E-state index is 0.160. The molecule has 0 spiro atoms. The highest BCUT2D eigenvalue weighted by molar-refractivity contribution is 5.73. The van der Waals surface area contributed by atoms with Crippen LogP contribution in [0.2, 0.25) is 0 Å². The van der Waals surface area contributed by atoms with Crippen LogP contribution in [-0.4, -0.2) is 31.2 Å². The van der Waals surface area contributed by atoms with Crippen molar-refractivity contribution in [1.29, 1.82) is 0 Å². The number of nitrogens with zero attached hydrogens (tertiary/aromatic N) is 4. The molecule has 0 unspecified atom stereocenters. The van der Waals surface area contributed by atoms with Gasteiger partial charge in [-0.2, -0.15) is 0 Å². The molecule has 0 bridgehead atoms. The highest BCUT2D eigenvalue weighted by atomic mass is 16.2. The lowest BCUT2D eigenvalue weighted by molar-refractivity contribution is 0.287. The quantitative estimate of drug-likeness (QED) is 0.770. The Morgan fingerprint density at radius 1 is 1.11 bits per heavy atom. The summed E-state index contributed by atoms with van der Waals surface area (Å²) >= 11 is 0. The maximum absolute atomic E-state index is 9.00. The predicted octanol–water partition coefficient (Wildman–Crippen LogP) is 1.74. The van der Waals surface area contributed by atoms with Gasteiger partial charge in [0.2, 0.25) is 0 Å². The summed E-state index contributed by atoms with van der Waals surface area (Å²) in [6, 6.07) is 7.68. The van der Waals surface area contributed by atoms with Crippen molar-refractivity contribution in [3.8, 4) is 5.69 Å². The molecule has 19 heavy (non-hydrogen) atoms. The first-order chi connectivity index (χ1) is 9.40. The molecule has 3 rings (SSSR count). The monoisotopic (exact) mass is 254 g/mol. The van der Waals surface area contributed by atoms with E-state index in [4.69, 9.17) is 5.11 Å². The summed E-state index contributed by atoms with van der Waals surface area (Å²) in [5.74, 6) is 0.911. The van der Waals surface area contributed by atoms with Crippen molar-refractivity contribution in [2.24, 2.45) is 0 Å². The zero-order chi connectivity index (χ0) is 13.1. The molecule has 3 heterocycles. The Bertz CT molecular complexity index is 678. The molecule has 3 aromatic heterocycles. The Morgan fingerprint density at radius 3 is 2.74 bits per heavy atom. The summed E-state index contributed by atoms with van der Waals surface area (Å²) in [7, 11) is 0. The number of rotatable bonds is 4. The van der Waals surface area contributed by atoms with Gasteiger partial charge < -0.3 is 5.11 Å². The average Bonchev–Trinajstić information content (AvgIpc) is 2.84. The highest BCUT2D eigenvalue weighted by Crippen LogP contribution is 2.20. The van der Waals surface area contributed by atoms with Crippen molar-refractivity contribution in [2.45, 2.75) is 12.8 Å². The third-order valence-corrected chi connectivity index (χ3v) is 2.96. The third-order valence-electron chi connectivity index (χ3n) is 2.96. The van der Waals surface area contributed by atoms with Crippen LogP contribution in [0.3, 0.4) is 0 Å². The summed E-state index contributed by atoms with van der Waals surface area (Å²) in [6.07, 6.45) is 6.67. The van der Waals surface area contributed by atoms with Gasteiger partial charge in [-0.1, -0.05) is 0 Å². The van der Waals surface area contributed by atoms with E-state index in [1.165, 1.54) is 0 Å². The van der Waals surface area contributed by atoms with Crippen LogP contribution in [0.25, 0.3) is 16.9 Å². The van der Waals surface area contributed by atoms with Crippen LogP contribution in [0.1, 0.15) is 12.2 Å². The zero-order valence-corrected chi connectivity index (χ0v) is 10.4. The Labute approximate surface area is 110 Å². The number of pyridine rings is 2. The van der Waals surface area contributed by atoms with E-state index in [2.05, 4.69) is 15.0 Å². The first-order valence-corrected chi connectivity index (χ1v) is 6.24. The molecular weight excluding hydrogens is 240 g/mol. The fourth-order valence-corrected chi connectivity index (χ4v) is 2.13. The lowest BCUT2D eigenvalue weighted by Gasteiger charge is -2.07. The molecule has 0 saturated carbocycles. The second kappa shape index (κ2) is 5.16. The molecule has 1 N–H and O–H groups in total. The van der Waals surface area contributed by atoms with Crippen LogP contribution in [0.4, 0.5) is 0 Å². The first kappa shape index (κ1) is 11.8. The van der Waals surface area contributed by atoms with Gasteiger partial charge in [-0.05, 0) is 30.7 Å². The minimum Gasteiger partial charge on any atom is -0.396 e. The van der Waals surface area contributed by atoms with Gasteiger partial charge in [0.1, 0.15) is 11.3 Å². The van der Waals surface area contributed by atoms with Gasteiger partial charge in [-0.25, -0.2) is 9.97 Å². The largest absolute Gasteiger partial charge is 0.396 e. The molecule has 0 aliphatic rings. The van der Waals surface area contributed by atoms with Gasteiger partial charge >= 0.3 is 0 Å². The van der Waals surface area contributed by atoms with Crippen LogP contribution in [-0.2, 0) is 6.42 Å². The summed E-state index contributed by atoms with van der Waals surface area (Å²) in [4.78, 5) is 13.0. The molecule has 0 aromatic carbocycles. The lowest BCUT2D eigenvalue weighted by atomic mass is 10.3. The number of fused-ring (bicyclic) bond motifs is 1. The molecule has 0 aliphatic carbocycles. The topological polar surface area (TPSA) is 63.8 Å². The third kappa shape index (κ3) is 2.20. The van der Waals surface area contributed by atoms with Gasteiger partial charge in [-0.3, -0.25) is 9.55 Å². The van der Waals surface area contributed by atoms with Crippen molar-refractivity contribution in [1.82, 2.24) is 19.5 Å². The fraction of sp³-hybridized carbons (Fsp3) is 0.214. The average molecular weight is 254 g/mol. The Hall–Kier alpha value is -2.27. The molecule has 0 fully saturated rings. The second-order valence-corrected chi connectivity index (χ2v) is 4.24. The normalized spacial score (nSPS) is 11.0. The number of hydrogen-bond acceptors (Lipinski definition) is 4. The van der Waals surface area contributed by atoms with Gasteiger partial charge in [-0.15, -0.1) is 0 Å². The van der Waals surface area contributed by atoms with Crippen molar-refractivity contribution >= 4 is 11.2 Å². The Kier molecular flexibility index (Phi) is 3.20. The summed E-state index contributed by atoms with van der Waals surface area (Å²) in [6.45, 7) is 0.160. The van der Waals surface area contributed by atoms with Crippen molar-refractivity contribution in [2.75, 3.05) is 6.61 Å². The van der Waals surface area contributed by atoms with Gasteiger partial charge in [0.15, 0.2) is 5.65 Å². The van der Waals surface area contributed by atoms with E-state index >= 15 is 0 Å². The number of aliphatic hydroxyl groups excluding tert-OH is 1. The van der Waals surface area contributed by atoms with Crippen LogP contribution < -0.4 is 0 Å². The van der Waals surface area contributed by atoms with E-state index in [1.54, 1.807) is 18.6 Å². The zero-order valence-electron chi connectivity index (χ0n) is 10.4. The second-order valence-electron chi connectivity index (χ2n) is 4.24. The lowest BCUT2D eigenvalue weighted by Crippen LogP contribution is -2.03. The number of hydrogen-bond donors (Lipinski definition) is 1. The molecule has 0 saturated heterocycles. The smallest absolute Gasteiger partial charge is 0.164 e. The maximum Gasteiger partial charge on any atom is 0.164 e. The SMILES string of the molecule is OCCCc1nc2cccnc2n1-c1ccncc1. The molecular formula is C14H14N4O.